The Bertz CT molecular complexity index is 1180. The zero-order valence-electron chi connectivity index (χ0n) is 19.1. The van der Waals surface area contributed by atoms with E-state index < -0.39 is 23.9 Å². The first kappa shape index (κ1) is 25.7. The molecule has 184 valence electrons. The fourth-order valence-corrected chi connectivity index (χ4v) is 3.30. The van der Waals surface area contributed by atoms with Crippen LogP contribution in [0.5, 0.6) is 0 Å². The molecule has 1 unspecified atom stereocenters. The third-order valence-electron chi connectivity index (χ3n) is 5.00. The van der Waals surface area contributed by atoms with E-state index in [1.165, 1.54) is 30.5 Å². The molecular formula is C25H25F3N4O3. The molecule has 2 aromatic carbocycles. The van der Waals surface area contributed by atoms with E-state index in [0.717, 1.165) is 17.7 Å². The molecule has 0 radical (unpaired) electrons. The molecule has 0 saturated heterocycles. The number of benzene rings is 2. The van der Waals surface area contributed by atoms with Gasteiger partial charge in [0.15, 0.2) is 0 Å². The number of carboxylic acid groups (broad SMARTS) is 1. The van der Waals surface area contributed by atoms with E-state index in [4.69, 9.17) is 5.11 Å². The van der Waals surface area contributed by atoms with E-state index in [1.54, 1.807) is 31.1 Å². The van der Waals surface area contributed by atoms with Crippen molar-refractivity contribution in [1.82, 2.24) is 9.97 Å². The van der Waals surface area contributed by atoms with E-state index in [1.807, 2.05) is 12.1 Å². The average molecular weight is 486 g/mol. The van der Waals surface area contributed by atoms with Crippen LogP contribution in [-0.2, 0) is 23.8 Å². The van der Waals surface area contributed by atoms with Gasteiger partial charge < -0.3 is 20.4 Å². The van der Waals surface area contributed by atoms with Gasteiger partial charge in [-0.1, -0.05) is 30.3 Å². The van der Waals surface area contributed by atoms with E-state index in [-0.39, 0.29) is 6.42 Å². The van der Waals surface area contributed by atoms with Gasteiger partial charge >= 0.3 is 12.1 Å². The fraction of sp³-hybridized carbons (Fsp3) is 0.240. The standard InChI is InChI=1S/C25H25F3N4O3/c1-32(2)24-18(14-23(34)35)15-29-21(31-24)13-17-5-10-20(11-6-17)30-22(33)12-7-16-3-8-19(9-4-16)25(26,27)28/h3-12,15,22,30,33H,13-14H2,1-2H3,(H,34,35)/b12-7+. The van der Waals surface area contributed by atoms with Crippen molar-refractivity contribution in [2.45, 2.75) is 25.2 Å². The van der Waals surface area contributed by atoms with Crippen molar-refractivity contribution in [2.24, 2.45) is 0 Å². The molecule has 3 rings (SSSR count). The molecule has 0 bridgehead atoms. The maximum absolute atomic E-state index is 12.6. The summed E-state index contributed by atoms with van der Waals surface area (Å²) in [5, 5.41) is 22.1. The van der Waals surface area contributed by atoms with Crippen molar-refractivity contribution in [3.63, 3.8) is 0 Å². The van der Waals surface area contributed by atoms with Gasteiger partial charge in [0.25, 0.3) is 0 Å². The van der Waals surface area contributed by atoms with E-state index in [0.29, 0.717) is 34.9 Å². The minimum absolute atomic E-state index is 0.163. The third kappa shape index (κ3) is 7.54. The lowest BCUT2D eigenvalue weighted by Crippen LogP contribution is -2.17. The Morgan fingerprint density at radius 3 is 2.34 bits per heavy atom. The molecule has 10 heteroatoms. The highest BCUT2D eigenvalue weighted by Gasteiger charge is 2.29. The van der Waals surface area contributed by atoms with Crippen LogP contribution in [0.4, 0.5) is 24.7 Å². The molecular weight excluding hydrogens is 461 g/mol. The van der Waals surface area contributed by atoms with E-state index >= 15 is 0 Å². The summed E-state index contributed by atoms with van der Waals surface area (Å²) >= 11 is 0. The summed E-state index contributed by atoms with van der Waals surface area (Å²) in [6.07, 6.45) is -0.669. The number of aliphatic carboxylic acids is 1. The molecule has 1 heterocycles. The Kier molecular flexibility index (Phi) is 8.08. The number of nitrogens with zero attached hydrogens (tertiary/aromatic N) is 3. The van der Waals surface area contributed by atoms with Crippen LogP contribution < -0.4 is 10.2 Å². The van der Waals surface area contributed by atoms with Gasteiger partial charge in [-0.25, -0.2) is 9.97 Å². The summed E-state index contributed by atoms with van der Waals surface area (Å²) in [6, 6.07) is 11.9. The molecule has 1 aromatic heterocycles. The number of hydrogen-bond donors (Lipinski definition) is 3. The normalized spacial score (nSPS) is 12.5. The second-order valence-corrected chi connectivity index (χ2v) is 8.04. The lowest BCUT2D eigenvalue weighted by atomic mass is 10.1. The highest BCUT2D eigenvalue weighted by molar-refractivity contribution is 5.72. The van der Waals surface area contributed by atoms with Crippen LogP contribution in [-0.4, -0.2) is 46.5 Å². The first-order chi connectivity index (χ1) is 16.5. The predicted molar refractivity (Wildman–Crippen MR) is 127 cm³/mol. The Balaban J connectivity index is 1.60. The fourth-order valence-electron chi connectivity index (χ4n) is 3.30. The second kappa shape index (κ2) is 11.0. The van der Waals surface area contributed by atoms with Gasteiger partial charge in [-0.3, -0.25) is 4.79 Å². The van der Waals surface area contributed by atoms with E-state index in [2.05, 4.69) is 15.3 Å². The number of carbonyl (C=O) groups is 1. The molecule has 3 N–H and O–H groups in total. The van der Waals surface area contributed by atoms with Crippen molar-refractivity contribution in [2.75, 3.05) is 24.3 Å². The van der Waals surface area contributed by atoms with Gasteiger partial charge in [0.2, 0.25) is 0 Å². The van der Waals surface area contributed by atoms with Crippen LogP contribution in [0.2, 0.25) is 0 Å². The van der Waals surface area contributed by atoms with Crippen molar-refractivity contribution in [3.8, 4) is 0 Å². The number of halogens is 3. The summed E-state index contributed by atoms with van der Waals surface area (Å²) in [5.41, 5.74) is 1.89. The maximum Gasteiger partial charge on any atom is 0.416 e. The molecule has 0 aliphatic rings. The van der Waals surface area contributed by atoms with E-state index in [9.17, 15) is 23.1 Å². The van der Waals surface area contributed by atoms with Crippen LogP contribution in [0.3, 0.4) is 0 Å². The maximum atomic E-state index is 12.6. The van der Waals surface area contributed by atoms with Gasteiger partial charge in [0.05, 0.1) is 12.0 Å². The van der Waals surface area contributed by atoms with Gasteiger partial charge in [-0.2, -0.15) is 13.2 Å². The summed E-state index contributed by atoms with van der Waals surface area (Å²) in [5.74, 6) is 0.144. The molecule has 0 saturated carbocycles. The summed E-state index contributed by atoms with van der Waals surface area (Å²) < 4.78 is 37.9. The molecule has 0 aliphatic heterocycles. The molecule has 0 fully saturated rings. The molecule has 3 aromatic rings. The van der Waals surface area contributed by atoms with Crippen LogP contribution in [0, 0.1) is 0 Å². The number of hydrogen-bond acceptors (Lipinski definition) is 6. The average Bonchev–Trinajstić information content (AvgIpc) is 2.79. The minimum atomic E-state index is -4.39. The highest BCUT2D eigenvalue weighted by atomic mass is 19.4. The number of rotatable bonds is 9. The van der Waals surface area contributed by atoms with Crippen molar-refractivity contribution in [1.29, 1.82) is 0 Å². The number of anilines is 2. The highest BCUT2D eigenvalue weighted by Crippen LogP contribution is 2.29. The third-order valence-corrected chi connectivity index (χ3v) is 5.00. The molecule has 0 amide bonds. The Hall–Kier alpha value is -3.92. The Morgan fingerprint density at radius 2 is 1.77 bits per heavy atom. The molecule has 1 atom stereocenters. The molecule has 0 spiro atoms. The van der Waals surface area contributed by atoms with Crippen LogP contribution in [0.15, 0.2) is 60.8 Å². The first-order valence-electron chi connectivity index (χ1n) is 10.6. The second-order valence-electron chi connectivity index (χ2n) is 8.04. The van der Waals surface area contributed by atoms with Crippen molar-refractivity contribution >= 4 is 23.6 Å². The smallest absolute Gasteiger partial charge is 0.416 e. The van der Waals surface area contributed by atoms with Gasteiger partial charge in [-0.15, -0.1) is 0 Å². The molecule has 7 nitrogen and oxygen atoms in total. The minimum Gasteiger partial charge on any atom is -0.481 e. The predicted octanol–water partition coefficient (Wildman–Crippen LogP) is 4.22. The molecule has 35 heavy (non-hydrogen) atoms. The van der Waals surface area contributed by atoms with Gasteiger partial charge in [0.1, 0.15) is 17.9 Å². The lowest BCUT2D eigenvalue weighted by Gasteiger charge is -2.16. The number of aliphatic hydroxyl groups is 1. The quantitative estimate of drug-likeness (QED) is 0.390. The van der Waals surface area contributed by atoms with Crippen LogP contribution >= 0.6 is 0 Å². The van der Waals surface area contributed by atoms with Crippen molar-refractivity contribution in [3.05, 3.63) is 88.9 Å². The first-order valence-corrected chi connectivity index (χ1v) is 10.6. The summed E-state index contributed by atoms with van der Waals surface area (Å²) in [7, 11) is 3.57. The number of aliphatic hydroxyl groups excluding tert-OH is 1. The number of aromatic nitrogens is 2. The summed E-state index contributed by atoms with van der Waals surface area (Å²) in [4.78, 5) is 21.6. The van der Waals surface area contributed by atoms with Crippen LogP contribution in [0.1, 0.15) is 28.1 Å². The Morgan fingerprint density at radius 1 is 1.11 bits per heavy atom. The zero-order chi connectivity index (χ0) is 25.6. The zero-order valence-corrected chi connectivity index (χ0v) is 19.1. The SMILES string of the molecule is CN(C)c1nc(Cc2ccc(NC(O)/C=C/c3ccc(C(F)(F)F)cc3)cc2)ncc1CC(=O)O. The Labute approximate surface area is 200 Å². The monoisotopic (exact) mass is 486 g/mol. The molecule has 0 aliphatic carbocycles. The van der Waals surface area contributed by atoms with Gasteiger partial charge in [0, 0.05) is 38.0 Å². The van der Waals surface area contributed by atoms with Gasteiger partial charge in [-0.05, 0) is 41.5 Å². The van der Waals surface area contributed by atoms with Crippen molar-refractivity contribution < 1.29 is 28.2 Å². The topological polar surface area (TPSA) is 98.6 Å². The number of nitrogens with one attached hydrogen (secondary N) is 1. The largest absolute Gasteiger partial charge is 0.481 e. The summed E-state index contributed by atoms with van der Waals surface area (Å²) in [6.45, 7) is 0. The number of alkyl halides is 3. The lowest BCUT2D eigenvalue weighted by molar-refractivity contribution is -0.138. The number of carboxylic acids is 1. The van der Waals surface area contributed by atoms with Crippen LogP contribution in [0.25, 0.3) is 6.08 Å².